The zero-order valence-corrected chi connectivity index (χ0v) is 18.1. The smallest absolute Gasteiger partial charge is 0.336 e. The summed E-state index contributed by atoms with van der Waals surface area (Å²) in [5.74, 6) is -0.931. The van der Waals surface area contributed by atoms with Crippen LogP contribution in [0.4, 0.5) is 5.69 Å². The van der Waals surface area contributed by atoms with Crippen molar-refractivity contribution in [3.8, 4) is 11.5 Å². The minimum atomic E-state index is -4.17. The van der Waals surface area contributed by atoms with E-state index in [4.69, 9.17) is 15.2 Å². The normalized spacial score (nSPS) is 11.2. The summed E-state index contributed by atoms with van der Waals surface area (Å²) >= 11 is 0. The van der Waals surface area contributed by atoms with Crippen molar-refractivity contribution in [3.63, 3.8) is 0 Å². The molecule has 0 unspecified atom stereocenters. The van der Waals surface area contributed by atoms with Gasteiger partial charge in [0, 0.05) is 12.0 Å². The number of benzene rings is 3. The van der Waals surface area contributed by atoms with Crippen LogP contribution in [-0.2, 0) is 16.3 Å². The third kappa shape index (κ3) is 4.68. The zero-order valence-electron chi connectivity index (χ0n) is 17.3. The molecule has 0 atom stereocenters. The number of sulfone groups is 1. The minimum absolute atomic E-state index is 0.0742. The summed E-state index contributed by atoms with van der Waals surface area (Å²) < 4.78 is 37.2. The number of aliphatic hydroxyl groups is 1. The van der Waals surface area contributed by atoms with Gasteiger partial charge in [-0.15, -0.1) is 0 Å². The first-order valence-corrected chi connectivity index (χ1v) is 11.1. The number of aliphatic hydroxyl groups excluding tert-OH is 1. The first-order valence-electron chi connectivity index (χ1n) is 9.65. The number of carboxylic acid groups (broad SMARTS) is 1. The number of methoxy groups -OCH3 is 1. The number of nitrogen functional groups attached to an aromatic ring is 1. The van der Waals surface area contributed by atoms with Crippen LogP contribution in [-0.4, -0.2) is 44.9 Å². The number of hydrogen-bond donors (Lipinski definition) is 3. The molecule has 0 amide bonds. The minimum Gasteiger partial charge on any atom is -0.497 e. The van der Waals surface area contributed by atoms with Crippen LogP contribution < -0.4 is 15.2 Å². The molecule has 0 fully saturated rings. The van der Waals surface area contributed by atoms with E-state index < -0.39 is 15.8 Å². The highest BCUT2D eigenvalue weighted by Crippen LogP contribution is 2.39. The van der Waals surface area contributed by atoms with E-state index in [1.807, 2.05) is 6.07 Å². The van der Waals surface area contributed by atoms with Crippen LogP contribution in [0.25, 0.3) is 0 Å². The maximum atomic E-state index is 13.3. The van der Waals surface area contributed by atoms with Gasteiger partial charge in [0.15, 0.2) is 0 Å². The SMILES string of the molecule is COc1ccc(S(=O)(=O)c2cc(C(=O)O)c(Cc3ccccc3)c(OCCO)c2N)cc1. The Hall–Kier alpha value is -3.56. The van der Waals surface area contributed by atoms with Gasteiger partial charge in [-0.25, -0.2) is 13.2 Å². The van der Waals surface area contributed by atoms with Gasteiger partial charge >= 0.3 is 5.97 Å². The Bertz CT molecular complexity index is 1210. The van der Waals surface area contributed by atoms with Crippen LogP contribution in [0.1, 0.15) is 21.5 Å². The summed E-state index contributed by atoms with van der Waals surface area (Å²) in [6.07, 6.45) is 0.149. The van der Waals surface area contributed by atoms with Crippen molar-refractivity contribution >= 4 is 21.5 Å². The second-order valence-electron chi connectivity index (χ2n) is 6.86. The van der Waals surface area contributed by atoms with E-state index in [2.05, 4.69) is 0 Å². The molecule has 4 N–H and O–H groups in total. The van der Waals surface area contributed by atoms with Crippen LogP contribution in [0.5, 0.6) is 11.5 Å². The molecule has 0 radical (unpaired) electrons. The lowest BCUT2D eigenvalue weighted by Crippen LogP contribution is -2.15. The number of aromatic carboxylic acids is 1. The largest absolute Gasteiger partial charge is 0.497 e. The number of rotatable bonds is 9. The Balaban J connectivity index is 2.23. The number of ether oxygens (including phenoxy) is 2. The van der Waals surface area contributed by atoms with Crippen molar-refractivity contribution in [1.82, 2.24) is 0 Å². The van der Waals surface area contributed by atoms with Gasteiger partial charge in [0.05, 0.1) is 34.8 Å². The highest BCUT2D eigenvalue weighted by atomic mass is 32.2. The molecule has 8 nitrogen and oxygen atoms in total. The monoisotopic (exact) mass is 457 g/mol. The summed E-state index contributed by atoms with van der Waals surface area (Å²) in [5.41, 5.74) is 6.77. The van der Waals surface area contributed by atoms with Crippen LogP contribution >= 0.6 is 0 Å². The Morgan fingerprint density at radius 1 is 1.06 bits per heavy atom. The molecule has 9 heteroatoms. The highest BCUT2D eigenvalue weighted by Gasteiger charge is 2.29. The van der Waals surface area contributed by atoms with E-state index >= 15 is 0 Å². The fourth-order valence-corrected chi connectivity index (χ4v) is 4.68. The summed E-state index contributed by atoms with van der Waals surface area (Å²) in [4.78, 5) is 11.6. The molecule has 0 aliphatic carbocycles. The predicted molar refractivity (Wildman–Crippen MR) is 118 cm³/mol. The van der Waals surface area contributed by atoms with Crippen molar-refractivity contribution in [2.75, 3.05) is 26.1 Å². The average Bonchev–Trinajstić information content (AvgIpc) is 2.79. The fourth-order valence-electron chi connectivity index (χ4n) is 3.28. The molecule has 0 saturated heterocycles. The van der Waals surface area contributed by atoms with Gasteiger partial charge in [0.25, 0.3) is 0 Å². The third-order valence-corrected chi connectivity index (χ3v) is 6.65. The average molecular weight is 458 g/mol. The van der Waals surface area contributed by atoms with Gasteiger partial charge in [-0.3, -0.25) is 0 Å². The molecule has 0 aliphatic rings. The van der Waals surface area contributed by atoms with Crippen LogP contribution in [0.3, 0.4) is 0 Å². The van der Waals surface area contributed by atoms with Gasteiger partial charge in [0.1, 0.15) is 18.1 Å². The van der Waals surface area contributed by atoms with E-state index in [0.29, 0.717) is 5.75 Å². The Morgan fingerprint density at radius 2 is 1.72 bits per heavy atom. The molecule has 0 bridgehead atoms. The van der Waals surface area contributed by atoms with Crippen LogP contribution in [0.15, 0.2) is 70.5 Å². The van der Waals surface area contributed by atoms with E-state index in [1.165, 1.54) is 31.4 Å². The van der Waals surface area contributed by atoms with Crippen LogP contribution in [0.2, 0.25) is 0 Å². The summed E-state index contributed by atoms with van der Waals surface area (Å²) in [7, 11) is -2.72. The summed E-state index contributed by atoms with van der Waals surface area (Å²) in [6.45, 7) is -0.542. The lowest BCUT2D eigenvalue weighted by molar-refractivity contribution is 0.0695. The number of carbonyl (C=O) groups is 1. The van der Waals surface area contributed by atoms with Crippen molar-refractivity contribution in [2.24, 2.45) is 0 Å². The summed E-state index contributed by atoms with van der Waals surface area (Å²) in [5, 5.41) is 19.1. The van der Waals surface area contributed by atoms with E-state index in [-0.39, 0.29) is 52.0 Å². The first-order chi connectivity index (χ1) is 15.3. The molecule has 0 heterocycles. The molecule has 0 saturated carbocycles. The Morgan fingerprint density at radius 3 is 2.28 bits per heavy atom. The topological polar surface area (TPSA) is 136 Å². The van der Waals surface area contributed by atoms with Gasteiger partial charge in [0.2, 0.25) is 9.84 Å². The maximum Gasteiger partial charge on any atom is 0.336 e. The predicted octanol–water partition coefficient (Wildman–Crippen LogP) is 2.77. The van der Waals surface area contributed by atoms with E-state index in [1.54, 1.807) is 24.3 Å². The van der Waals surface area contributed by atoms with Gasteiger partial charge in [-0.1, -0.05) is 30.3 Å². The number of nitrogens with two attached hydrogens (primary N) is 1. The Kier molecular flexibility index (Phi) is 7.01. The quantitative estimate of drug-likeness (QED) is 0.417. The maximum absolute atomic E-state index is 13.3. The molecule has 168 valence electrons. The van der Waals surface area contributed by atoms with Crippen molar-refractivity contribution in [3.05, 3.63) is 77.4 Å². The second-order valence-corrected chi connectivity index (χ2v) is 8.78. The first kappa shape index (κ1) is 23.1. The van der Waals surface area contributed by atoms with Gasteiger partial charge in [-0.2, -0.15) is 0 Å². The summed E-state index contributed by atoms with van der Waals surface area (Å²) in [6, 6.07) is 15.7. The molecule has 32 heavy (non-hydrogen) atoms. The standard InChI is InChI=1S/C23H23NO7S/c1-30-16-7-9-17(10-8-16)32(28,29)20-14-19(23(26)27)18(13-15-5-3-2-4-6-15)22(21(20)24)31-12-11-25/h2-10,14,25H,11-13,24H2,1H3,(H,26,27). The van der Waals surface area contributed by atoms with E-state index in [9.17, 15) is 23.4 Å². The third-order valence-electron chi connectivity index (χ3n) is 4.84. The molecule has 3 aromatic carbocycles. The van der Waals surface area contributed by atoms with Crippen molar-refractivity contribution in [1.29, 1.82) is 0 Å². The number of anilines is 1. The highest BCUT2D eigenvalue weighted by molar-refractivity contribution is 7.91. The van der Waals surface area contributed by atoms with Crippen LogP contribution in [0, 0.1) is 0 Å². The molecular formula is C23H23NO7S. The van der Waals surface area contributed by atoms with Gasteiger partial charge < -0.3 is 25.4 Å². The van der Waals surface area contributed by atoms with E-state index in [0.717, 1.165) is 11.6 Å². The lowest BCUT2D eigenvalue weighted by atomic mass is 9.97. The molecule has 3 aromatic rings. The van der Waals surface area contributed by atoms with Crippen molar-refractivity contribution < 1.29 is 32.9 Å². The molecule has 0 spiro atoms. The lowest BCUT2D eigenvalue weighted by Gasteiger charge is -2.19. The zero-order chi connectivity index (χ0) is 23.3. The van der Waals surface area contributed by atoms with Crippen molar-refractivity contribution in [2.45, 2.75) is 16.2 Å². The molecular weight excluding hydrogens is 434 g/mol. The Labute approximate surface area is 185 Å². The molecule has 3 rings (SSSR count). The fraction of sp³-hybridized carbons (Fsp3) is 0.174. The number of hydrogen-bond acceptors (Lipinski definition) is 7. The second kappa shape index (κ2) is 9.71. The molecule has 0 aromatic heterocycles. The van der Waals surface area contributed by atoms with Gasteiger partial charge in [-0.05, 0) is 35.9 Å². The molecule has 0 aliphatic heterocycles. The number of carboxylic acids is 1.